The third kappa shape index (κ3) is 14.6. The summed E-state index contributed by atoms with van der Waals surface area (Å²) in [6.45, 7) is 5.86. The molecule has 0 heterocycles. The Hall–Kier alpha value is -0.500. The van der Waals surface area contributed by atoms with Gasteiger partial charge >= 0.3 is 8.03 Å². The second-order valence-corrected chi connectivity index (χ2v) is 11.8. The first-order valence-electron chi connectivity index (χ1n) is 13.5. The van der Waals surface area contributed by atoms with E-state index < -0.39 is 13.3 Å². The normalized spacial score (nSPS) is 14.6. The number of allylic oxidation sites excluding steroid dienone is 3. The van der Waals surface area contributed by atoms with Crippen LogP contribution in [0.3, 0.4) is 0 Å². The van der Waals surface area contributed by atoms with Crippen molar-refractivity contribution in [2.24, 2.45) is 0 Å². The third-order valence-corrected chi connectivity index (χ3v) is 8.61. The Bertz CT molecular complexity index is 498. The van der Waals surface area contributed by atoms with Gasteiger partial charge in [-0.2, -0.15) is 0 Å². The number of unbranched alkanes of at least 4 members (excludes halogenated alkanes) is 14. The Labute approximate surface area is 202 Å². The summed E-state index contributed by atoms with van der Waals surface area (Å²) >= 11 is 0. The Morgan fingerprint density at radius 2 is 1.12 bits per heavy atom. The summed E-state index contributed by atoms with van der Waals surface area (Å²) in [7, 11) is 3.67. The van der Waals surface area contributed by atoms with Crippen LogP contribution in [0.5, 0.6) is 0 Å². The predicted molar refractivity (Wildman–Crippen MR) is 141 cm³/mol. The molecule has 2 atom stereocenters. The van der Waals surface area contributed by atoms with Crippen molar-refractivity contribution in [1.29, 1.82) is 0 Å². The highest BCUT2D eigenvalue weighted by Crippen LogP contribution is 2.45. The molecule has 0 aliphatic heterocycles. The van der Waals surface area contributed by atoms with Gasteiger partial charge in [0.15, 0.2) is 0 Å². The van der Waals surface area contributed by atoms with Gasteiger partial charge < -0.3 is 4.89 Å². The predicted octanol–water partition coefficient (Wildman–Crippen LogP) is 8.67. The minimum Gasteiger partial charge on any atom is -0.590 e. The average molecular weight is 469 g/mol. The molecule has 0 aromatic heterocycles. The first-order chi connectivity index (χ1) is 15.3. The lowest BCUT2D eigenvalue weighted by Crippen LogP contribution is -2.55. The second-order valence-electron chi connectivity index (χ2n) is 10.5. The van der Waals surface area contributed by atoms with Gasteiger partial charge in [-0.3, -0.25) is 4.48 Å². The number of hydrogen-bond acceptors (Lipinski definition) is 2. The van der Waals surface area contributed by atoms with Crippen LogP contribution >= 0.6 is 8.03 Å². The highest BCUT2D eigenvalue weighted by atomic mass is 31.1. The van der Waals surface area contributed by atoms with Crippen molar-refractivity contribution in [2.75, 3.05) is 21.1 Å². The Kier molecular flexibility index (Phi) is 19.6. The molecule has 0 aliphatic carbocycles. The molecule has 2 unspecified atom stereocenters. The van der Waals surface area contributed by atoms with Gasteiger partial charge in [-0.25, -0.2) is 0 Å². The Morgan fingerprint density at radius 1 is 0.719 bits per heavy atom. The summed E-state index contributed by atoms with van der Waals surface area (Å²) in [4.78, 5) is 12.1. The monoisotopic (exact) mass is 468 g/mol. The largest absolute Gasteiger partial charge is 0.590 e. The van der Waals surface area contributed by atoms with Crippen molar-refractivity contribution in [2.45, 2.75) is 134 Å². The van der Waals surface area contributed by atoms with Crippen LogP contribution in [0.15, 0.2) is 24.8 Å². The number of nitrogens with zero attached hydrogens (tertiary/aromatic N) is 1. The van der Waals surface area contributed by atoms with E-state index in [0.717, 1.165) is 32.1 Å². The highest BCUT2D eigenvalue weighted by molar-refractivity contribution is 7.38. The topological polar surface area (TPSA) is 40.1 Å². The van der Waals surface area contributed by atoms with Crippen LogP contribution in [0.2, 0.25) is 0 Å². The van der Waals surface area contributed by atoms with E-state index in [1.165, 1.54) is 89.9 Å². The summed E-state index contributed by atoms with van der Waals surface area (Å²) in [6.07, 6.45) is 29.7. The highest BCUT2D eigenvalue weighted by Gasteiger charge is 2.53. The fraction of sp³-hybridized carbons (Fsp3) is 0.857. The summed E-state index contributed by atoms with van der Waals surface area (Å²) in [5.41, 5.74) is 0. The average Bonchev–Trinajstić information content (AvgIpc) is 2.73. The van der Waals surface area contributed by atoms with Gasteiger partial charge in [-0.1, -0.05) is 87.5 Å². The summed E-state index contributed by atoms with van der Waals surface area (Å²) in [6, 6.07) is 0. The van der Waals surface area contributed by atoms with E-state index >= 15 is 0 Å². The van der Waals surface area contributed by atoms with Crippen LogP contribution in [-0.4, -0.2) is 30.9 Å². The molecule has 0 saturated heterocycles. The maximum atomic E-state index is 12.1. The molecule has 188 valence electrons. The van der Waals surface area contributed by atoms with Crippen LogP contribution in [0.1, 0.15) is 129 Å². The van der Waals surface area contributed by atoms with Crippen molar-refractivity contribution < 1.29 is 13.9 Å². The summed E-state index contributed by atoms with van der Waals surface area (Å²) in [5.74, 6) is 0. The number of hydrogen-bond donors (Lipinski definition) is 0. The first-order valence-corrected chi connectivity index (χ1v) is 14.7. The van der Waals surface area contributed by atoms with Gasteiger partial charge in [0.1, 0.15) is 0 Å². The van der Waals surface area contributed by atoms with E-state index in [-0.39, 0.29) is 0 Å². The maximum absolute atomic E-state index is 12.1. The van der Waals surface area contributed by atoms with E-state index in [1.54, 1.807) is 0 Å². The Balaban J connectivity index is 3.64. The molecule has 4 heteroatoms. The van der Waals surface area contributed by atoms with E-state index in [1.807, 2.05) is 27.2 Å². The first kappa shape index (κ1) is 31.5. The van der Waals surface area contributed by atoms with E-state index in [9.17, 15) is 9.46 Å². The molecule has 0 saturated carbocycles. The van der Waals surface area contributed by atoms with Crippen molar-refractivity contribution in [1.82, 2.24) is 0 Å². The van der Waals surface area contributed by atoms with Crippen LogP contribution in [0, 0.1) is 0 Å². The molecule has 0 aromatic carbocycles. The maximum Gasteiger partial charge on any atom is 0.376 e. The minimum atomic E-state index is -2.42. The van der Waals surface area contributed by atoms with Crippen molar-refractivity contribution >= 4 is 8.03 Å². The molecule has 0 aliphatic rings. The van der Waals surface area contributed by atoms with Crippen LogP contribution in [0.25, 0.3) is 0 Å². The number of rotatable bonds is 23. The fourth-order valence-corrected chi connectivity index (χ4v) is 5.91. The SMILES string of the molecule is C=CCCCCCCC/C=C\CCCCCCCCCCC(CCC)([P+](=O)[O-])[N+](C)(C)C. The van der Waals surface area contributed by atoms with Gasteiger partial charge in [0, 0.05) is 12.8 Å². The summed E-state index contributed by atoms with van der Waals surface area (Å²) in [5, 5.41) is -0.594. The molecular formula is C28H55NO2P+. The molecule has 0 rings (SSSR count). The lowest BCUT2D eigenvalue weighted by molar-refractivity contribution is -0.910. The smallest absolute Gasteiger partial charge is 0.376 e. The number of quaternary nitrogens is 1. The van der Waals surface area contributed by atoms with Gasteiger partial charge in [0.25, 0.3) is 5.28 Å². The van der Waals surface area contributed by atoms with Crippen LogP contribution < -0.4 is 4.89 Å². The summed E-state index contributed by atoms with van der Waals surface area (Å²) < 4.78 is 12.6. The molecule has 0 aromatic rings. The molecular weight excluding hydrogens is 413 g/mol. The van der Waals surface area contributed by atoms with E-state index in [0.29, 0.717) is 4.48 Å². The van der Waals surface area contributed by atoms with Gasteiger partial charge in [-0.15, -0.1) is 6.58 Å². The van der Waals surface area contributed by atoms with E-state index in [2.05, 4.69) is 25.7 Å². The standard InChI is InChI=1S/C28H55NO2P/c1-6-8-9-10-11-12-13-14-15-16-17-18-19-20-21-22-23-24-25-27-28(26-7-2,32(30)31)29(3,4)5/h6,15-16H,1,7-14,17-27H2,2-5H3/q+1/b16-15-. The zero-order valence-electron chi connectivity index (χ0n) is 22.1. The van der Waals surface area contributed by atoms with Crippen molar-refractivity contribution in [3.63, 3.8) is 0 Å². The zero-order valence-corrected chi connectivity index (χ0v) is 23.0. The Morgan fingerprint density at radius 3 is 1.50 bits per heavy atom. The molecule has 32 heavy (non-hydrogen) atoms. The zero-order chi connectivity index (χ0) is 24.1. The third-order valence-electron chi connectivity index (χ3n) is 6.88. The second kappa shape index (κ2) is 19.9. The molecule has 0 fully saturated rings. The van der Waals surface area contributed by atoms with E-state index in [4.69, 9.17) is 0 Å². The molecule has 0 spiro atoms. The van der Waals surface area contributed by atoms with Crippen LogP contribution in [-0.2, 0) is 4.57 Å². The van der Waals surface area contributed by atoms with Crippen LogP contribution in [0.4, 0.5) is 0 Å². The molecule has 0 amide bonds. The van der Waals surface area contributed by atoms with Gasteiger partial charge in [0.2, 0.25) is 0 Å². The van der Waals surface area contributed by atoms with Gasteiger partial charge in [-0.05, 0) is 51.4 Å². The van der Waals surface area contributed by atoms with Gasteiger partial charge in [0.05, 0.1) is 21.1 Å². The molecule has 3 nitrogen and oxygen atoms in total. The van der Waals surface area contributed by atoms with Crippen molar-refractivity contribution in [3.05, 3.63) is 24.8 Å². The quantitative estimate of drug-likeness (QED) is 0.0651. The molecule has 0 bridgehead atoms. The van der Waals surface area contributed by atoms with Crippen molar-refractivity contribution in [3.8, 4) is 0 Å². The lowest BCUT2D eigenvalue weighted by Gasteiger charge is -2.39. The molecule has 0 N–H and O–H groups in total. The molecule has 0 radical (unpaired) electrons. The fourth-order valence-electron chi connectivity index (χ4n) is 4.67. The lowest BCUT2D eigenvalue weighted by atomic mass is 9.99. The minimum absolute atomic E-state index is 0.518.